The first-order valence-electron chi connectivity index (χ1n) is 14.2. The summed E-state index contributed by atoms with van der Waals surface area (Å²) in [4.78, 5) is 58.7. The van der Waals surface area contributed by atoms with Gasteiger partial charge in [0.25, 0.3) is 0 Å². The quantitative estimate of drug-likeness (QED) is 0.122. The molecule has 4 unspecified atom stereocenters. The van der Waals surface area contributed by atoms with Crippen LogP contribution in [0.1, 0.15) is 34.1 Å². The topological polar surface area (TPSA) is 103 Å². The van der Waals surface area contributed by atoms with Crippen molar-refractivity contribution in [1.29, 1.82) is 0 Å². The molecule has 0 radical (unpaired) electrons. The molecule has 7 rings (SSSR count). The summed E-state index contributed by atoms with van der Waals surface area (Å²) < 4.78 is 10.6. The fourth-order valence-electron chi connectivity index (χ4n) is 6.87. The lowest BCUT2D eigenvalue weighted by atomic mass is 9.82. The average molecular weight is 573 g/mol. The number of carbonyl (C=O) groups is 4. The highest BCUT2D eigenvalue weighted by Crippen LogP contribution is 2.55. The molecular weight excluding hydrogens is 544 g/mol. The van der Waals surface area contributed by atoms with Gasteiger partial charge in [-0.25, -0.2) is 9.78 Å². The molecule has 4 aromatic rings. The van der Waals surface area contributed by atoms with E-state index >= 15 is 0 Å². The van der Waals surface area contributed by atoms with Crippen LogP contribution in [0.5, 0.6) is 5.75 Å². The third kappa shape index (κ3) is 4.41. The van der Waals surface area contributed by atoms with Gasteiger partial charge in [0.2, 0.25) is 11.8 Å². The number of nitrogens with zero attached hydrogens (tertiary/aromatic N) is 2. The lowest BCUT2D eigenvalue weighted by Crippen LogP contribution is -2.32. The van der Waals surface area contributed by atoms with Crippen molar-refractivity contribution >= 4 is 40.2 Å². The van der Waals surface area contributed by atoms with E-state index in [4.69, 9.17) is 14.5 Å². The van der Waals surface area contributed by atoms with Gasteiger partial charge < -0.3 is 9.47 Å². The van der Waals surface area contributed by atoms with Crippen molar-refractivity contribution in [2.24, 2.45) is 23.7 Å². The number of fused-ring (bicyclic) bond motifs is 6. The maximum atomic E-state index is 13.4. The zero-order valence-corrected chi connectivity index (χ0v) is 23.7. The zero-order valence-electron chi connectivity index (χ0n) is 23.7. The third-order valence-corrected chi connectivity index (χ3v) is 8.98. The first-order chi connectivity index (χ1) is 20.8. The highest BCUT2D eigenvalue weighted by Gasteiger charge is 2.60. The van der Waals surface area contributed by atoms with Crippen molar-refractivity contribution in [2.45, 2.75) is 13.3 Å². The molecule has 1 saturated carbocycles. The van der Waals surface area contributed by atoms with Crippen molar-refractivity contribution in [2.75, 3.05) is 18.6 Å². The van der Waals surface area contributed by atoms with Crippen LogP contribution in [0.2, 0.25) is 0 Å². The minimum absolute atomic E-state index is 0.124. The fraction of sp³-hybridized carbons (Fsp3) is 0.229. The number of benzene rings is 3. The third-order valence-electron chi connectivity index (χ3n) is 8.98. The molecule has 1 saturated heterocycles. The standard InChI is InChI=1S/C35H28N2O6/c1-19-15-22-16-26(19)32-31(22)33(39)37(34(32)40)23-11-7-20(8-12-23)29-17-27(25-5-3-4-6-28(25)36-29)35(41)43-18-30(38)21-9-13-24(42-2)14-10-21/h3-15,17,22,26,31-32H,16,18H2,1-2H3. The molecule has 8 nitrogen and oxygen atoms in total. The molecule has 2 amide bonds. The van der Waals surface area contributed by atoms with E-state index in [2.05, 4.69) is 13.0 Å². The molecule has 214 valence electrons. The second kappa shape index (κ2) is 10.3. The summed E-state index contributed by atoms with van der Waals surface area (Å²) in [6.45, 7) is 1.64. The van der Waals surface area contributed by atoms with Crippen LogP contribution in [0.25, 0.3) is 22.2 Å². The molecule has 3 aliphatic rings. The number of hydrogen-bond acceptors (Lipinski definition) is 7. The molecule has 1 aliphatic heterocycles. The molecule has 43 heavy (non-hydrogen) atoms. The first kappa shape index (κ1) is 26.8. The normalized spacial score (nSPS) is 22.1. The highest BCUT2D eigenvalue weighted by atomic mass is 16.5. The van der Waals surface area contributed by atoms with Crippen LogP contribution in [-0.2, 0) is 14.3 Å². The number of Topliss-reactive ketones (excluding diaryl/α,β-unsaturated/α-hetero) is 1. The molecule has 8 heteroatoms. The van der Waals surface area contributed by atoms with Crippen LogP contribution in [-0.4, -0.2) is 42.3 Å². The monoisotopic (exact) mass is 572 g/mol. The van der Waals surface area contributed by atoms with E-state index in [1.807, 2.05) is 6.07 Å². The summed E-state index contributed by atoms with van der Waals surface area (Å²) >= 11 is 0. The van der Waals surface area contributed by atoms with Crippen LogP contribution in [0.4, 0.5) is 5.69 Å². The lowest BCUT2D eigenvalue weighted by Gasteiger charge is -2.19. The molecule has 1 aromatic heterocycles. The van der Waals surface area contributed by atoms with Crippen molar-refractivity contribution in [1.82, 2.24) is 4.98 Å². The minimum atomic E-state index is -0.642. The predicted molar refractivity (Wildman–Crippen MR) is 160 cm³/mol. The van der Waals surface area contributed by atoms with Crippen LogP contribution in [0, 0.1) is 23.7 Å². The van der Waals surface area contributed by atoms with Gasteiger partial charge >= 0.3 is 5.97 Å². The largest absolute Gasteiger partial charge is 0.497 e. The molecule has 4 atom stereocenters. The van der Waals surface area contributed by atoms with Gasteiger partial charge in [-0.3, -0.25) is 19.3 Å². The lowest BCUT2D eigenvalue weighted by molar-refractivity contribution is -0.123. The van der Waals surface area contributed by atoms with Crippen molar-refractivity contribution < 1.29 is 28.7 Å². The number of esters is 1. The van der Waals surface area contributed by atoms with Crippen molar-refractivity contribution in [3.05, 3.63) is 102 Å². The second-order valence-electron chi connectivity index (χ2n) is 11.3. The van der Waals surface area contributed by atoms with Gasteiger partial charge in [-0.05, 0) is 73.7 Å². The Bertz CT molecular complexity index is 1840. The Kier molecular flexibility index (Phi) is 6.42. The Morgan fingerprint density at radius 1 is 0.930 bits per heavy atom. The zero-order chi connectivity index (χ0) is 29.8. The second-order valence-corrected chi connectivity index (χ2v) is 11.3. The van der Waals surface area contributed by atoms with E-state index in [1.165, 1.54) is 10.5 Å². The Morgan fingerprint density at radius 3 is 2.40 bits per heavy atom. The molecule has 0 spiro atoms. The van der Waals surface area contributed by atoms with E-state index in [1.54, 1.807) is 79.9 Å². The fourth-order valence-corrected chi connectivity index (χ4v) is 6.87. The van der Waals surface area contributed by atoms with Crippen LogP contribution < -0.4 is 9.64 Å². The molecular formula is C35H28N2O6. The van der Waals surface area contributed by atoms with E-state index in [9.17, 15) is 19.2 Å². The number of ketones is 1. The smallest absolute Gasteiger partial charge is 0.339 e. The van der Waals surface area contributed by atoms with Crippen LogP contribution in [0.15, 0.2) is 90.5 Å². The van der Waals surface area contributed by atoms with E-state index in [0.717, 1.165) is 6.42 Å². The van der Waals surface area contributed by atoms with Crippen LogP contribution in [0.3, 0.4) is 0 Å². The maximum absolute atomic E-state index is 13.4. The molecule has 2 bridgehead atoms. The number of methoxy groups -OCH3 is 1. The Morgan fingerprint density at radius 2 is 1.65 bits per heavy atom. The van der Waals surface area contributed by atoms with Gasteiger partial charge in [0.05, 0.1) is 41.4 Å². The van der Waals surface area contributed by atoms with Gasteiger partial charge in [0, 0.05) is 16.5 Å². The van der Waals surface area contributed by atoms with Gasteiger partial charge in [-0.1, -0.05) is 42.0 Å². The number of ether oxygens (including phenoxy) is 2. The van der Waals surface area contributed by atoms with Gasteiger partial charge in [-0.15, -0.1) is 0 Å². The first-order valence-corrected chi connectivity index (χ1v) is 14.2. The highest BCUT2D eigenvalue weighted by molar-refractivity contribution is 6.23. The number of carbonyl (C=O) groups excluding carboxylic acids is 4. The number of imide groups is 1. The SMILES string of the molecule is COc1ccc(C(=O)COC(=O)c2cc(-c3ccc(N4C(=O)C5C6C=C(C)C(C6)C5C4=O)cc3)nc3ccccc23)cc1. The summed E-state index contributed by atoms with van der Waals surface area (Å²) in [6, 6.07) is 22.5. The summed E-state index contributed by atoms with van der Waals surface area (Å²) in [7, 11) is 1.54. The summed E-state index contributed by atoms with van der Waals surface area (Å²) in [5.74, 6) is -0.848. The van der Waals surface area contributed by atoms with Gasteiger partial charge in [-0.2, -0.15) is 0 Å². The van der Waals surface area contributed by atoms with Gasteiger partial charge in [0.15, 0.2) is 12.4 Å². The Hall–Kier alpha value is -5.11. The number of para-hydroxylation sites is 1. The number of allylic oxidation sites excluding steroid dienone is 2. The maximum Gasteiger partial charge on any atom is 0.339 e. The Labute approximate surface area is 247 Å². The Balaban J connectivity index is 1.13. The van der Waals surface area contributed by atoms with E-state index in [-0.39, 0.29) is 46.8 Å². The summed E-state index contributed by atoms with van der Waals surface area (Å²) in [5.41, 5.74) is 4.25. The number of aromatic nitrogens is 1. The molecule has 0 N–H and O–H groups in total. The number of anilines is 1. The van der Waals surface area contributed by atoms with Crippen LogP contribution >= 0.6 is 0 Å². The number of pyridine rings is 1. The molecule has 2 fully saturated rings. The average Bonchev–Trinajstić information content (AvgIpc) is 3.68. The number of hydrogen-bond donors (Lipinski definition) is 0. The molecule has 2 heterocycles. The predicted octanol–water partition coefficient (Wildman–Crippen LogP) is 5.65. The molecule has 2 aliphatic carbocycles. The summed E-state index contributed by atoms with van der Waals surface area (Å²) in [6.07, 6.45) is 3.05. The van der Waals surface area contributed by atoms with E-state index in [0.29, 0.717) is 39.2 Å². The summed E-state index contributed by atoms with van der Waals surface area (Å²) in [5, 5.41) is 0.600. The minimum Gasteiger partial charge on any atom is -0.497 e. The number of amides is 2. The van der Waals surface area contributed by atoms with Crippen molar-refractivity contribution in [3.63, 3.8) is 0 Å². The van der Waals surface area contributed by atoms with Crippen molar-refractivity contribution in [3.8, 4) is 17.0 Å². The molecule has 3 aromatic carbocycles. The van der Waals surface area contributed by atoms with Gasteiger partial charge in [0.1, 0.15) is 5.75 Å². The van der Waals surface area contributed by atoms with E-state index < -0.39 is 12.6 Å². The number of rotatable bonds is 7.